The van der Waals surface area contributed by atoms with E-state index < -0.39 is 0 Å². The third-order valence-corrected chi connectivity index (χ3v) is 8.53. The van der Waals surface area contributed by atoms with E-state index in [0.29, 0.717) is 15.1 Å². The van der Waals surface area contributed by atoms with Crippen molar-refractivity contribution in [3.8, 4) is 11.5 Å². The van der Waals surface area contributed by atoms with E-state index in [9.17, 15) is 9.90 Å². The molecule has 0 fully saturated rings. The Labute approximate surface area is 216 Å². The SMILES string of the molecule is COc1cc(C=c2sc3n(c2=O)C(c2ccc(SC)cc2)C2=C(N=3)c3ccccc3CC2)ccc1O. The Bertz CT molecular complexity index is 1700. The monoisotopic (exact) mass is 512 g/mol. The summed E-state index contributed by atoms with van der Waals surface area (Å²) in [6, 6.07) is 21.8. The van der Waals surface area contributed by atoms with Crippen molar-refractivity contribution in [2.45, 2.75) is 23.8 Å². The first-order valence-electron chi connectivity index (χ1n) is 11.7. The second kappa shape index (κ2) is 9.15. The van der Waals surface area contributed by atoms with Gasteiger partial charge in [0, 0.05) is 10.5 Å². The number of benzene rings is 3. The molecule has 0 saturated carbocycles. The van der Waals surface area contributed by atoms with E-state index in [1.54, 1.807) is 30.0 Å². The summed E-state index contributed by atoms with van der Waals surface area (Å²) in [5.41, 5.74) is 6.46. The Balaban J connectivity index is 1.59. The van der Waals surface area contributed by atoms with Gasteiger partial charge >= 0.3 is 0 Å². The van der Waals surface area contributed by atoms with Gasteiger partial charge in [-0.25, -0.2) is 4.99 Å². The lowest BCUT2D eigenvalue weighted by atomic mass is 9.83. The van der Waals surface area contributed by atoms with Gasteiger partial charge < -0.3 is 9.84 Å². The lowest BCUT2D eigenvalue weighted by Gasteiger charge is -2.30. The highest BCUT2D eigenvalue weighted by Gasteiger charge is 2.32. The van der Waals surface area contributed by atoms with Crippen molar-refractivity contribution >= 4 is 34.9 Å². The smallest absolute Gasteiger partial charge is 0.271 e. The number of ether oxygens (including phenoxy) is 1. The molecular weight excluding hydrogens is 488 g/mol. The molecule has 180 valence electrons. The fraction of sp³-hybridized carbons (Fsp3) is 0.172. The van der Waals surface area contributed by atoms with Gasteiger partial charge in [-0.05, 0) is 71.7 Å². The Hall–Kier alpha value is -3.55. The summed E-state index contributed by atoms with van der Waals surface area (Å²) in [5, 5.41) is 9.96. The van der Waals surface area contributed by atoms with Gasteiger partial charge in [-0.2, -0.15) is 0 Å². The van der Waals surface area contributed by atoms with Crippen molar-refractivity contribution in [3.63, 3.8) is 0 Å². The number of fused-ring (bicyclic) bond motifs is 3. The number of hydrogen-bond acceptors (Lipinski definition) is 6. The molecule has 3 aromatic carbocycles. The molecule has 7 heteroatoms. The van der Waals surface area contributed by atoms with Crippen LogP contribution in [0.2, 0.25) is 0 Å². The predicted octanol–water partition coefficient (Wildman–Crippen LogP) is 4.75. The van der Waals surface area contributed by atoms with Gasteiger partial charge in [0.15, 0.2) is 16.3 Å². The summed E-state index contributed by atoms with van der Waals surface area (Å²) >= 11 is 3.10. The topological polar surface area (TPSA) is 63.8 Å². The van der Waals surface area contributed by atoms with Crippen molar-refractivity contribution in [1.29, 1.82) is 0 Å². The first-order valence-corrected chi connectivity index (χ1v) is 13.8. The molecule has 1 N–H and O–H groups in total. The second-order valence-electron chi connectivity index (χ2n) is 8.82. The molecule has 0 bridgehead atoms. The highest BCUT2D eigenvalue weighted by molar-refractivity contribution is 7.98. The lowest BCUT2D eigenvalue weighted by molar-refractivity contribution is 0.373. The molecule has 1 aliphatic heterocycles. The first kappa shape index (κ1) is 22.9. The number of allylic oxidation sites excluding steroid dienone is 1. The average molecular weight is 513 g/mol. The van der Waals surface area contributed by atoms with Gasteiger partial charge in [0.1, 0.15) is 0 Å². The maximum Gasteiger partial charge on any atom is 0.271 e. The van der Waals surface area contributed by atoms with Crippen LogP contribution < -0.4 is 19.6 Å². The molecule has 2 aliphatic rings. The number of phenolic OH excluding ortho intramolecular Hbond substituents is 1. The average Bonchev–Trinajstić information content (AvgIpc) is 3.22. The normalized spacial score (nSPS) is 16.7. The minimum atomic E-state index is -0.197. The number of rotatable bonds is 4. The van der Waals surface area contributed by atoms with Gasteiger partial charge in [0.05, 0.1) is 23.4 Å². The van der Waals surface area contributed by atoms with Crippen molar-refractivity contribution in [3.05, 3.63) is 114 Å². The maximum atomic E-state index is 13.8. The predicted molar refractivity (Wildman–Crippen MR) is 146 cm³/mol. The number of phenols is 1. The van der Waals surface area contributed by atoms with Crippen LogP contribution in [0.1, 0.15) is 34.7 Å². The van der Waals surface area contributed by atoms with Gasteiger partial charge in [0.2, 0.25) is 0 Å². The molecule has 0 spiro atoms. The van der Waals surface area contributed by atoms with E-state index in [1.165, 1.54) is 34.5 Å². The molecule has 6 rings (SSSR count). The van der Waals surface area contributed by atoms with Crippen LogP contribution >= 0.6 is 23.1 Å². The molecule has 1 aromatic heterocycles. The second-order valence-corrected chi connectivity index (χ2v) is 10.7. The molecule has 4 aromatic rings. The molecule has 36 heavy (non-hydrogen) atoms. The summed E-state index contributed by atoms with van der Waals surface area (Å²) < 4.78 is 7.70. The summed E-state index contributed by atoms with van der Waals surface area (Å²) in [5.74, 6) is 0.437. The summed E-state index contributed by atoms with van der Waals surface area (Å²) in [4.78, 5) is 20.8. The number of aromatic nitrogens is 1. The van der Waals surface area contributed by atoms with E-state index in [1.807, 2.05) is 10.6 Å². The van der Waals surface area contributed by atoms with Crippen molar-refractivity contribution < 1.29 is 9.84 Å². The summed E-state index contributed by atoms with van der Waals surface area (Å²) in [6.07, 6.45) is 5.71. The van der Waals surface area contributed by atoms with Crippen molar-refractivity contribution in [2.75, 3.05) is 13.4 Å². The Morgan fingerprint density at radius 2 is 1.92 bits per heavy atom. The van der Waals surface area contributed by atoms with E-state index in [4.69, 9.17) is 9.73 Å². The molecule has 0 amide bonds. The number of hydrogen-bond donors (Lipinski definition) is 1. The number of aryl methyl sites for hydroxylation is 1. The summed E-state index contributed by atoms with van der Waals surface area (Å²) in [7, 11) is 1.51. The molecule has 1 unspecified atom stereocenters. The van der Waals surface area contributed by atoms with Crippen LogP contribution in [0, 0.1) is 0 Å². The number of aromatic hydroxyl groups is 1. The zero-order valence-electron chi connectivity index (χ0n) is 19.9. The third-order valence-electron chi connectivity index (χ3n) is 6.81. The lowest BCUT2D eigenvalue weighted by Crippen LogP contribution is -2.38. The fourth-order valence-electron chi connectivity index (χ4n) is 5.04. The van der Waals surface area contributed by atoms with E-state index in [2.05, 4.69) is 54.8 Å². The molecule has 0 radical (unpaired) electrons. The minimum Gasteiger partial charge on any atom is -0.504 e. The largest absolute Gasteiger partial charge is 0.504 e. The third kappa shape index (κ3) is 3.79. The van der Waals surface area contributed by atoms with E-state index >= 15 is 0 Å². The minimum absolute atomic E-state index is 0.0601. The van der Waals surface area contributed by atoms with Crippen molar-refractivity contribution in [2.24, 2.45) is 4.99 Å². The molecule has 0 saturated heterocycles. The molecule has 1 aliphatic carbocycles. The number of thiazole rings is 1. The van der Waals surface area contributed by atoms with Gasteiger partial charge in [-0.1, -0.05) is 53.8 Å². The Morgan fingerprint density at radius 3 is 2.69 bits per heavy atom. The van der Waals surface area contributed by atoms with Crippen LogP contribution in [0.3, 0.4) is 0 Å². The highest BCUT2D eigenvalue weighted by Crippen LogP contribution is 2.41. The van der Waals surface area contributed by atoms with Crippen LogP contribution in [0.15, 0.2) is 87.0 Å². The highest BCUT2D eigenvalue weighted by atomic mass is 32.2. The fourth-order valence-corrected chi connectivity index (χ4v) is 6.45. The molecule has 1 atom stereocenters. The number of thioether (sulfide) groups is 1. The zero-order chi connectivity index (χ0) is 24.8. The van der Waals surface area contributed by atoms with Crippen LogP contribution in [-0.2, 0) is 6.42 Å². The van der Waals surface area contributed by atoms with Gasteiger partial charge in [0.25, 0.3) is 5.56 Å². The van der Waals surface area contributed by atoms with Gasteiger partial charge in [-0.15, -0.1) is 11.8 Å². The first-order chi connectivity index (χ1) is 17.6. The number of methoxy groups -OCH3 is 1. The summed E-state index contributed by atoms with van der Waals surface area (Å²) in [6.45, 7) is 0. The zero-order valence-corrected chi connectivity index (χ0v) is 21.5. The quantitative estimate of drug-likeness (QED) is 0.401. The van der Waals surface area contributed by atoms with E-state index in [0.717, 1.165) is 35.2 Å². The van der Waals surface area contributed by atoms with Crippen LogP contribution in [0.25, 0.3) is 11.8 Å². The van der Waals surface area contributed by atoms with Crippen molar-refractivity contribution in [1.82, 2.24) is 4.57 Å². The molecule has 5 nitrogen and oxygen atoms in total. The number of nitrogens with zero attached hydrogens (tertiary/aromatic N) is 2. The van der Waals surface area contributed by atoms with E-state index in [-0.39, 0.29) is 17.4 Å². The van der Waals surface area contributed by atoms with Crippen LogP contribution in [-0.4, -0.2) is 23.0 Å². The Morgan fingerprint density at radius 1 is 1.11 bits per heavy atom. The molecular formula is C29H24N2O3S2. The van der Waals surface area contributed by atoms with Gasteiger partial charge in [-0.3, -0.25) is 9.36 Å². The maximum absolute atomic E-state index is 13.8. The Kier molecular flexibility index (Phi) is 5.82. The van der Waals surface area contributed by atoms with Crippen LogP contribution in [0.5, 0.6) is 11.5 Å². The van der Waals surface area contributed by atoms with Crippen LogP contribution in [0.4, 0.5) is 0 Å². The molecule has 2 heterocycles. The standard InChI is InChI=1S/C29H24N2O3S2/c1-34-24-15-17(7-14-23(24)32)16-25-28(33)31-27(19-8-11-20(35-2)12-9-19)22-13-10-18-5-3-4-6-21(18)26(22)30-29(31)36-25/h3-9,11-12,14-16,27,32H,10,13H2,1-2H3.